The molecule has 3 nitrogen and oxygen atoms in total. The summed E-state index contributed by atoms with van der Waals surface area (Å²) in [7, 11) is 0. The summed E-state index contributed by atoms with van der Waals surface area (Å²) in [6, 6.07) is 5.45. The molecule has 1 saturated carbocycles. The molecule has 2 rings (SSSR count). The normalized spacial score (nSPS) is 22.2. The van der Waals surface area contributed by atoms with Crippen LogP contribution in [-0.4, -0.2) is 11.9 Å². The Kier molecular flexibility index (Phi) is 3.57. The van der Waals surface area contributed by atoms with Crippen LogP contribution in [0.1, 0.15) is 36.5 Å². The van der Waals surface area contributed by atoms with E-state index in [1.54, 1.807) is 18.2 Å². The molecule has 4 heteroatoms. The minimum absolute atomic E-state index is 0.120. The van der Waals surface area contributed by atoms with E-state index in [1.807, 2.05) is 0 Å². The smallest absolute Gasteiger partial charge is 0.253 e. The summed E-state index contributed by atoms with van der Waals surface area (Å²) in [5.74, 6) is 0.523. The first-order valence-electron chi connectivity index (χ1n) is 5.98. The van der Waals surface area contributed by atoms with Crippen LogP contribution in [0, 0.1) is 5.92 Å². The van der Waals surface area contributed by atoms with Crippen molar-refractivity contribution in [1.29, 1.82) is 0 Å². The van der Waals surface area contributed by atoms with Gasteiger partial charge in [0.25, 0.3) is 5.91 Å². The van der Waals surface area contributed by atoms with E-state index < -0.39 is 0 Å². The summed E-state index contributed by atoms with van der Waals surface area (Å²) in [6.07, 6.45) is 3.42. The lowest BCUT2D eigenvalue weighted by molar-refractivity contribution is 0.0949. The fourth-order valence-corrected chi connectivity index (χ4v) is 2.30. The predicted molar refractivity (Wildman–Crippen MR) is 70.1 cm³/mol. The lowest BCUT2D eigenvalue weighted by Crippen LogP contribution is -2.27. The second kappa shape index (κ2) is 4.96. The minimum Gasteiger partial charge on any atom is -0.398 e. The van der Waals surface area contributed by atoms with E-state index in [2.05, 4.69) is 12.2 Å². The van der Waals surface area contributed by atoms with Gasteiger partial charge in [0.1, 0.15) is 0 Å². The number of hydrogen-bond donors (Lipinski definition) is 2. The van der Waals surface area contributed by atoms with Crippen LogP contribution in [0.3, 0.4) is 0 Å². The summed E-state index contributed by atoms with van der Waals surface area (Å²) in [5, 5.41) is 3.34. The molecule has 92 valence electrons. The lowest BCUT2D eigenvalue weighted by Gasteiger charge is -2.07. The molecule has 2 unspecified atom stereocenters. The Labute approximate surface area is 106 Å². The van der Waals surface area contributed by atoms with E-state index in [1.165, 1.54) is 6.42 Å². The maximum absolute atomic E-state index is 12.0. The average molecular weight is 253 g/mol. The number of nitrogen functional groups attached to an aromatic ring is 1. The standard InChI is InChI=1S/C13H17ClN2O/c1-2-4-8-7-11(8)16-13(17)9-5-3-6-10(15)12(9)14/h3,5-6,8,11H,2,4,7,15H2,1H3,(H,16,17). The number of anilines is 1. The average Bonchev–Trinajstić information content (AvgIpc) is 3.01. The summed E-state index contributed by atoms with van der Waals surface area (Å²) in [5.41, 5.74) is 6.58. The first-order valence-corrected chi connectivity index (χ1v) is 6.36. The number of nitrogens with two attached hydrogens (primary N) is 1. The van der Waals surface area contributed by atoms with E-state index in [-0.39, 0.29) is 5.91 Å². The summed E-state index contributed by atoms with van der Waals surface area (Å²) in [6.45, 7) is 2.16. The highest BCUT2D eigenvalue weighted by Gasteiger charge is 2.37. The van der Waals surface area contributed by atoms with Crippen LogP contribution in [-0.2, 0) is 0 Å². The summed E-state index contributed by atoms with van der Waals surface area (Å²) in [4.78, 5) is 12.0. The number of rotatable bonds is 4. The Morgan fingerprint density at radius 3 is 3.06 bits per heavy atom. The van der Waals surface area contributed by atoms with Crippen LogP contribution < -0.4 is 11.1 Å². The van der Waals surface area contributed by atoms with Crippen LogP contribution in [0.2, 0.25) is 5.02 Å². The molecule has 0 spiro atoms. The van der Waals surface area contributed by atoms with Crippen LogP contribution in [0.25, 0.3) is 0 Å². The predicted octanol–water partition coefficient (Wildman–Crippen LogP) is 2.84. The third-order valence-corrected chi connectivity index (χ3v) is 3.59. The van der Waals surface area contributed by atoms with Gasteiger partial charge in [0.05, 0.1) is 16.3 Å². The third kappa shape index (κ3) is 2.72. The zero-order valence-corrected chi connectivity index (χ0v) is 10.6. The minimum atomic E-state index is -0.120. The number of nitrogens with one attached hydrogen (secondary N) is 1. The molecule has 0 radical (unpaired) electrons. The fourth-order valence-electron chi connectivity index (χ4n) is 2.09. The van der Waals surface area contributed by atoms with Crippen molar-refractivity contribution in [3.05, 3.63) is 28.8 Å². The van der Waals surface area contributed by atoms with Crippen molar-refractivity contribution in [1.82, 2.24) is 5.32 Å². The van der Waals surface area contributed by atoms with Crippen molar-refractivity contribution < 1.29 is 4.79 Å². The maximum atomic E-state index is 12.0. The molecule has 0 saturated heterocycles. The van der Waals surface area contributed by atoms with Crippen molar-refractivity contribution in [2.75, 3.05) is 5.73 Å². The van der Waals surface area contributed by atoms with Gasteiger partial charge in [-0.25, -0.2) is 0 Å². The second-order valence-electron chi connectivity index (χ2n) is 4.57. The molecule has 1 aliphatic rings. The number of benzene rings is 1. The van der Waals surface area contributed by atoms with E-state index in [0.717, 1.165) is 12.8 Å². The number of carbonyl (C=O) groups excluding carboxylic acids is 1. The molecule has 1 aromatic rings. The molecule has 0 bridgehead atoms. The summed E-state index contributed by atoms with van der Waals surface area (Å²) >= 11 is 6.00. The largest absolute Gasteiger partial charge is 0.398 e. The van der Waals surface area contributed by atoms with Crippen LogP contribution in [0.5, 0.6) is 0 Å². The molecule has 1 fully saturated rings. The molecule has 0 aromatic heterocycles. The third-order valence-electron chi connectivity index (χ3n) is 3.17. The van der Waals surface area contributed by atoms with Gasteiger partial charge in [0, 0.05) is 6.04 Å². The van der Waals surface area contributed by atoms with Gasteiger partial charge in [-0.1, -0.05) is 31.0 Å². The zero-order chi connectivity index (χ0) is 12.4. The van der Waals surface area contributed by atoms with Gasteiger partial charge in [-0.15, -0.1) is 0 Å². The molecule has 1 aliphatic carbocycles. The van der Waals surface area contributed by atoms with Crippen molar-refractivity contribution in [3.63, 3.8) is 0 Å². The van der Waals surface area contributed by atoms with Crippen LogP contribution >= 0.6 is 11.6 Å². The molecule has 1 aromatic carbocycles. The SMILES string of the molecule is CCCC1CC1NC(=O)c1cccc(N)c1Cl. The Morgan fingerprint density at radius 2 is 2.35 bits per heavy atom. The van der Waals surface area contributed by atoms with E-state index in [0.29, 0.717) is 28.2 Å². The Morgan fingerprint density at radius 1 is 1.59 bits per heavy atom. The Bertz CT molecular complexity index is 433. The Hall–Kier alpha value is -1.22. The first kappa shape index (κ1) is 12.2. The summed E-state index contributed by atoms with van der Waals surface area (Å²) < 4.78 is 0. The fraction of sp³-hybridized carbons (Fsp3) is 0.462. The molecule has 0 heterocycles. The van der Waals surface area contributed by atoms with Gasteiger partial charge < -0.3 is 11.1 Å². The van der Waals surface area contributed by atoms with Crippen molar-refractivity contribution in [2.24, 2.45) is 5.92 Å². The number of halogens is 1. The highest BCUT2D eigenvalue weighted by atomic mass is 35.5. The van der Waals surface area contributed by atoms with Crippen LogP contribution in [0.15, 0.2) is 18.2 Å². The number of carbonyl (C=O) groups is 1. The topological polar surface area (TPSA) is 55.1 Å². The van der Waals surface area contributed by atoms with Gasteiger partial charge in [0.15, 0.2) is 0 Å². The molecule has 3 N–H and O–H groups in total. The highest BCUT2D eigenvalue weighted by Crippen LogP contribution is 2.35. The monoisotopic (exact) mass is 252 g/mol. The van der Waals surface area contributed by atoms with Crippen molar-refractivity contribution in [2.45, 2.75) is 32.2 Å². The molecule has 1 amide bonds. The van der Waals surface area contributed by atoms with E-state index in [9.17, 15) is 4.79 Å². The maximum Gasteiger partial charge on any atom is 0.253 e. The highest BCUT2D eigenvalue weighted by molar-refractivity contribution is 6.36. The quantitative estimate of drug-likeness (QED) is 0.810. The molecular weight excluding hydrogens is 236 g/mol. The molecule has 2 atom stereocenters. The van der Waals surface area contributed by atoms with E-state index >= 15 is 0 Å². The zero-order valence-electron chi connectivity index (χ0n) is 9.87. The Balaban J connectivity index is 1.99. The first-order chi connectivity index (χ1) is 8.13. The number of hydrogen-bond acceptors (Lipinski definition) is 2. The lowest BCUT2D eigenvalue weighted by atomic mass is 10.2. The van der Waals surface area contributed by atoms with Gasteiger partial charge in [0.2, 0.25) is 0 Å². The van der Waals surface area contributed by atoms with Crippen molar-refractivity contribution in [3.8, 4) is 0 Å². The van der Waals surface area contributed by atoms with Gasteiger partial charge in [-0.3, -0.25) is 4.79 Å². The molecule has 0 aliphatic heterocycles. The molecular formula is C13H17ClN2O. The van der Waals surface area contributed by atoms with Crippen LogP contribution in [0.4, 0.5) is 5.69 Å². The van der Waals surface area contributed by atoms with Crippen molar-refractivity contribution >= 4 is 23.2 Å². The molecule has 17 heavy (non-hydrogen) atoms. The van der Waals surface area contributed by atoms with Gasteiger partial charge >= 0.3 is 0 Å². The van der Waals surface area contributed by atoms with Gasteiger partial charge in [-0.05, 0) is 30.9 Å². The number of amides is 1. The second-order valence-corrected chi connectivity index (χ2v) is 4.95. The van der Waals surface area contributed by atoms with Gasteiger partial charge in [-0.2, -0.15) is 0 Å². The van der Waals surface area contributed by atoms with E-state index in [4.69, 9.17) is 17.3 Å².